The molecule has 0 bridgehead atoms. The summed E-state index contributed by atoms with van der Waals surface area (Å²) >= 11 is 0. The van der Waals surface area contributed by atoms with Crippen LogP contribution >= 0.6 is 0 Å². The molecule has 0 unspecified atom stereocenters. The third-order valence-corrected chi connectivity index (χ3v) is 3.42. The van der Waals surface area contributed by atoms with Crippen LogP contribution in [0.4, 0.5) is 0 Å². The second-order valence-electron chi connectivity index (χ2n) is 4.91. The highest BCUT2D eigenvalue weighted by atomic mass is 16.5. The largest absolute Gasteiger partial charge is 0.480 e. The fraction of sp³-hybridized carbons (Fsp3) is 0.615. The van der Waals surface area contributed by atoms with Crippen LogP contribution in [0.5, 0.6) is 5.88 Å². The fourth-order valence-electron chi connectivity index (χ4n) is 2.28. The predicted molar refractivity (Wildman–Crippen MR) is 69.0 cm³/mol. The highest BCUT2D eigenvalue weighted by Gasteiger charge is 2.29. The zero-order chi connectivity index (χ0) is 13.7. The van der Waals surface area contributed by atoms with E-state index in [0.29, 0.717) is 5.88 Å². The first-order valence-electron chi connectivity index (χ1n) is 6.50. The number of nitrogens with zero attached hydrogens (tertiary/aromatic N) is 2. The molecule has 0 spiro atoms. The van der Waals surface area contributed by atoms with Crippen molar-refractivity contribution in [2.45, 2.75) is 37.7 Å². The molecule has 1 fully saturated rings. The first-order valence-corrected chi connectivity index (χ1v) is 6.50. The third-order valence-electron chi connectivity index (χ3n) is 3.42. The van der Waals surface area contributed by atoms with Gasteiger partial charge in [-0.25, -0.2) is 4.98 Å². The summed E-state index contributed by atoms with van der Waals surface area (Å²) in [5.41, 5.74) is -0.584. The van der Waals surface area contributed by atoms with Crippen LogP contribution in [0.2, 0.25) is 0 Å². The van der Waals surface area contributed by atoms with E-state index in [1.807, 2.05) is 0 Å². The molecule has 2 rings (SSSR count). The van der Waals surface area contributed by atoms with E-state index in [1.165, 1.54) is 19.5 Å². The van der Waals surface area contributed by atoms with Gasteiger partial charge in [-0.15, -0.1) is 0 Å². The minimum atomic E-state index is -0.778. The molecule has 0 saturated heterocycles. The molecule has 1 aliphatic rings. The number of ether oxygens (including phenoxy) is 1. The van der Waals surface area contributed by atoms with Gasteiger partial charge in [-0.1, -0.05) is 19.3 Å². The second-order valence-corrected chi connectivity index (χ2v) is 4.91. The van der Waals surface area contributed by atoms with E-state index in [2.05, 4.69) is 15.3 Å². The molecule has 0 aliphatic heterocycles. The van der Waals surface area contributed by atoms with Crippen LogP contribution in [0.25, 0.3) is 0 Å². The molecule has 1 aromatic heterocycles. The van der Waals surface area contributed by atoms with Crippen molar-refractivity contribution in [3.05, 3.63) is 18.1 Å². The maximum atomic E-state index is 11.9. The van der Waals surface area contributed by atoms with Gasteiger partial charge in [-0.2, -0.15) is 0 Å². The summed E-state index contributed by atoms with van der Waals surface area (Å²) in [6.07, 6.45) is 7.44. The second kappa shape index (κ2) is 5.97. The highest BCUT2D eigenvalue weighted by Crippen LogP contribution is 2.27. The molecule has 2 N–H and O–H groups in total. The van der Waals surface area contributed by atoms with Gasteiger partial charge < -0.3 is 15.2 Å². The molecule has 6 heteroatoms. The minimum absolute atomic E-state index is 0.193. The van der Waals surface area contributed by atoms with E-state index in [4.69, 9.17) is 4.74 Å². The normalized spacial score (nSPS) is 17.8. The number of aromatic nitrogens is 2. The predicted octanol–water partition coefficient (Wildman–Crippen LogP) is 0.910. The lowest BCUT2D eigenvalue weighted by Gasteiger charge is -2.32. The van der Waals surface area contributed by atoms with E-state index in [0.717, 1.165) is 32.1 Å². The Bertz CT molecular complexity index is 445. The lowest BCUT2D eigenvalue weighted by Crippen LogP contribution is -2.44. The Kier molecular flexibility index (Phi) is 4.31. The van der Waals surface area contributed by atoms with E-state index in [-0.39, 0.29) is 18.1 Å². The molecule has 1 aromatic rings. The van der Waals surface area contributed by atoms with Crippen molar-refractivity contribution in [2.24, 2.45) is 0 Å². The molecular formula is C13H19N3O3. The number of rotatable bonds is 4. The van der Waals surface area contributed by atoms with Gasteiger partial charge in [0.15, 0.2) is 0 Å². The van der Waals surface area contributed by atoms with E-state index >= 15 is 0 Å². The molecule has 104 valence electrons. The molecule has 19 heavy (non-hydrogen) atoms. The van der Waals surface area contributed by atoms with Gasteiger partial charge >= 0.3 is 0 Å². The Labute approximate surface area is 112 Å². The van der Waals surface area contributed by atoms with Crippen LogP contribution in [0, 0.1) is 0 Å². The maximum Gasteiger partial charge on any atom is 0.271 e. The molecule has 1 aliphatic carbocycles. The molecule has 0 radical (unpaired) electrons. The van der Waals surface area contributed by atoms with Gasteiger partial charge in [0.25, 0.3) is 5.91 Å². The molecule has 1 amide bonds. The molecule has 1 heterocycles. The van der Waals surface area contributed by atoms with Crippen molar-refractivity contribution >= 4 is 5.91 Å². The van der Waals surface area contributed by atoms with E-state index in [1.54, 1.807) is 0 Å². The average molecular weight is 265 g/mol. The standard InChI is InChI=1S/C13H19N3O3/c1-19-11-8-14-7-10(16-11)12(17)15-9-13(18)5-3-2-4-6-13/h7-8,18H,2-6,9H2,1H3,(H,15,17). The first-order chi connectivity index (χ1) is 9.13. The summed E-state index contributed by atoms with van der Waals surface area (Å²) in [6.45, 7) is 0.255. The number of carbonyl (C=O) groups excluding carboxylic acids is 1. The Morgan fingerprint density at radius 1 is 1.42 bits per heavy atom. The molecular weight excluding hydrogens is 246 g/mol. The van der Waals surface area contributed by atoms with Crippen LogP contribution in [0.15, 0.2) is 12.4 Å². The van der Waals surface area contributed by atoms with Gasteiger partial charge in [0.2, 0.25) is 5.88 Å². The van der Waals surface area contributed by atoms with Crippen molar-refractivity contribution in [1.82, 2.24) is 15.3 Å². The van der Waals surface area contributed by atoms with Crippen LogP contribution in [-0.2, 0) is 0 Å². The minimum Gasteiger partial charge on any atom is -0.480 e. The summed E-state index contributed by atoms with van der Waals surface area (Å²) < 4.78 is 4.92. The number of hydrogen-bond donors (Lipinski definition) is 2. The zero-order valence-electron chi connectivity index (χ0n) is 11.1. The van der Waals surface area contributed by atoms with E-state index in [9.17, 15) is 9.90 Å². The summed E-state index contributed by atoms with van der Waals surface area (Å²) in [5.74, 6) is -0.0468. The van der Waals surface area contributed by atoms with Crippen molar-refractivity contribution < 1.29 is 14.6 Å². The molecule has 0 aromatic carbocycles. The smallest absolute Gasteiger partial charge is 0.271 e. The summed E-state index contributed by atoms with van der Waals surface area (Å²) in [6, 6.07) is 0. The summed E-state index contributed by atoms with van der Waals surface area (Å²) in [7, 11) is 1.47. The quantitative estimate of drug-likeness (QED) is 0.845. The number of methoxy groups -OCH3 is 1. The molecule has 1 saturated carbocycles. The lowest BCUT2D eigenvalue weighted by atomic mass is 9.85. The van der Waals surface area contributed by atoms with Gasteiger partial charge in [0.05, 0.1) is 25.1 Å². The van der Waals surface area contributed by atoms with Crippen molar-refractivity contribution in [2.75, 3.05) is 13.7 Å². The van der Waals surface area contributed by atoms with Crippen molar-refractivity contribution in [3.8, 4) is 5.88 Å². The Morgan fingerprint density at radius 2 is 2.16 bits per heavy atom. The summed E-state index contributed by atoms with van der Waals surface area (Å²) in [4.78, 5) is 19.8. The lowest BCUT2D eigenvalue weighted by molar-refractivity contribution is 0.00520. The van der Waals surface area contributed by atoms with Gasteiger partial charge in [-0.05, 0) is 12.8 Å². The van der Waals surface area contributed by atoms with Crippen LogP contribution in [-0.4, -0.2) is 40.2 Å². The maximum absolute atomic E-state index is 11.9. The SMILES string of the molecule is COc1cncc(C(=O)NCC2(O)CCCCC2)n1. The Morgan fingerprint density at radius 3 is 2.84 bits per heavy atom. The summed E-state index contributed by atoms with van der Waals surface area (Å²) in [5, 5.41) is 13.0. The van der Waals surface area contributed by atoms with Gasteiger partial charge in [-0.3, -0.25) is 9.78 Å². The first kappa shape index (κ1) is 13.7. The number of carbonyl (C=O) groups is 1. The van der Waals surface area contributed by atoms with Crippen LogP contribution in [0.1, 0.15) is 42.6 Å². The number of amides is 1. The topological polar surface area (TPSA) is 84.3 Å². The van der Waals surface area contributed by atoms with E-state index < -0.39 is 5.60 Å². The molecule has 0 atom stereocenters. The number of aliphatic hydroxyl groups is 1. The van der Waals surface area contributed by atoms with Gasteiger partial charge in [0, 0.05) is 6.54 Å². The van der Waals surface area contributed by atoms with Crippen LogP contribution < -0.4 is 10.1 Å². The molecule has 6 nitrogen and oxygen atoms in total. The number of nitrogens with one attached hydrogen (secondary N) is 1. The third kappa shape index (κ3) is 3.64. The highest BCUT2D eigenvalue weighted by molar-refractivity contribution is 5.92. The number of hydrogen-bond acceptors (Lipinski definition) is 5. The zero-order valence-corrected chi connectivity index (χ0v) is 11.1. The average Bonchev–Trinajstić information content (AvgIpc) is 2.46. The Balaban J connectivity index is 1.93. The van der Waals surface area contributed by atoms with Crippen LogP contribution in [0.3, 0.4) is 0 Å². The fourth-order valence-corrected chi connectivity index (χ4v) is 2.28. The van der Waals surface area contributed by atoms with Crippen molar-refractivity contribution in [1.29, 1.82) is 0 Å². The van der Waals surface area contributed by atoms with Crippen molar-refractivity contribution in [3.63, 3.8) is 0 Å². The monoisotopic (exact) mass is 265 g/mol. The Hall–Kier alpha value is -1.69. The van der Waals surface area contributed by atoms with Gasteiger partial charge in [0.1, 0.15) is 5.69 Å².